The van der Waals surface area contributed by atoms with E-state index in [1.165, 1.54) is 12.1 Å². The van der Waals surface area contributed by atoms with Gasteiger partial charge in [-0.3, -0.25) is 9.69 Å². The summed E-state index contributed by atoms with van der Waals surface area (Å²) in [6.07, 6.45) is 0. The summed E-state index contributed by atoms with van der Waals surface area (Å²) in [5.74, 6) is -0.381. The van der Waals surface area contributed by atoms with Crippen molar-refractivity contribution in [1.82, 2.24) is 14.8 Å². The van der Waals surface area contributed by atoms with Gasteiger partial charge in [0.2, 0.25) is 0 Å². The highest BCUT2D eigenvalue weighted by molar-refractivity contribution is 5.97. The maximum atomic E-state index is 13.4. The zero-order chi connectivity index (χ0) is 20.9. The summed E-state index contributed by atoms with van der Waals surface area (Å²) in [6, 6.07) is 18.1. The maximum absolute atomic E-state index is 13.4. The lowest BCUT2D eigenvalue weighted by Crippen LogP contribution is -2.41. The number of halogens is 1. The minimum Gasteiger partial charge on any atom is -0.379 e. The lowest BCUT2D eigenvalue weighted by molar-refractivity contribution is 0.0383. The highest BCUT2D eigenvalue weighted by Crippen LogP contribution is 2.29. The number of morpholine rings is 1. The fourth-order valence-corrected chi connectivity index (χ4v) is 3.83. The van der Waals surface area contributed by atoms with Crippen LogP contribution in [0.4, 0.5) is 4.39 Å². The van der Waals surface area contributed by atoms with Crippen molar-refractivity contribution in [2.45, 2.75) is 6.92 Å². The monoisotopic (exact) mass is 407 g/mol. The van der Waals surface area contributed by atoms with Gasteiger partial charge in [0.1, 0.15) is 5.82 Å². The molecule has 1 fully saturated rings. The third kappa shape index (κ3) is 4.45. The number of para-hydroxylation sites is 1. The van der Waals surface area contributed by atoms with Crippen molar-refractivity contribution in [3.63, 3.8) is 0 Å². The average molecular weight is 407 g/mol. The molecule has 4 rings (SSSR count). The number of nitrogens with one attached hydrogen (secondary N) is 1. The van der Waals surface area contributed by atoms with Crippen LogP contribution in [0.15, 0.2) is 60.7 Å². The van der Waals surface area contributed by atoms with E-state index in [-0.39, 0.29) is 11.7 Å². The number of rotatable bonds is 6. The van der Waals surface area contributed by atoms with Crippen LogP contribution in [0.1, 0.15) is 16.1 Å². The summed E-state index contributed by atoms with van der Waals surface area (Å²) in [5, 5.41) is 3.04. The molecular weight excluding hydrogens is 381 g/mol. The number of aromatic nitrogens is 1. The molecule has 1 N–H and O–H groups in total. The van der Waals surface area contributed by atoms with Crippen molar-refractivity contribution in [3.8, 4) is 16.9 Å². The van der Waals surface area contributed by atoms with Gasteiger partial charge in [0.25, 0.3) is 5.91 Å². The van der Waals surface area contributed by atoms with Crippen LogP contribution in [-0.2, 0) is 4.74 Å². The molecule has 0 atom stereocenters. The second-order valence-electron chi connectivity index (χ2n) is 7.42. The molecule has 2 heterocycles. The molecule has 3 aromatic rings. The molecule has 1 saturated heterocycles. The molecular formula is C24H26FN3O2. The van der Waals surface area contributed by atoms with Crippen LogP contribution < -0.4 is 5.32 Å². The van der Waals surface area contributed by atoms with Crippen molar-refractivity contribution >= 4 is 5.91 Å². The number of carbonyl (C=O) groups excluding carboxylic acids is 1. The SMILES string of the molecule is Cc1c(C(=O)NCCN2CCOCC2)cc(-c2ccc(F)cc2)n1-c1ccccc1. The third-order valence-corrected chi connectivity index (χ3v) is 5.46. The Hall–Kier alpha value is -2.96. The molecule has 5 nitrogen and oxygen atoms in total. The number of amides is 1. The molecule has 2 aromatic carbocycles. The van der Waals surface area contributed by atoms with E-state index in [9.17, 15) is 9.18 Å². The van der Waals surface area contributed by atoms with Crippen LogP contribution in [0.5, 0.6) is 0 Å². The van der Waals surface area contributed by atoms with Crippen LogP contribution in [0.3, 0.4) is 0 Å². The molecule has 30 heavy (non-hydrogen) atoms. The lowest BCUT2D eigenvalue weighted by Gasteiger charge is -2.26. The molecule has 0 radical (unpaired) electrons. The van der Waals surface area contributed by atoms with Crippen molar-refractivity contribution in [2.75, 3.05) is 39.4 Å². The first kappa shape index (κ1) is 20.3. The fourth-order valence-electron chi connectivity index (χ4n) is 3.83. The molecule has 0 unspecified atom stereocenters. The summed E-state index contributed by atoms with van der Waals surface area (Å²) in [7, 11) is 0. The van der Waals surface area contributed by atoms with Gasteiger partial charge in [0, 0.05) is 37.6 Å². The zero-order valence-electron chi connectivity index (χ0n) is 17.1. The van der Waals surface area contributed by atoms with Gasteiger partial charge in [-0.2, -0.15) is 0 Å². The standard InChI is InChI=1S/C24H26FN3O2/c1-18-22(24(29)26-11-12-27-13-15-30-16-14-27)17-23(19-7-9-20(25)10-8-19)28(18)21-5-3-2-4-6-21/h2-10,17H,11-16H2,1H3,(H,26,29). The summed E-state index contributed by atoms with van der Waals surface area (Å²) >= 11 is 0. The maximum Gasteiger partial charge on any atom is 0.253 e. The van der Waals surface area contributed by atoms with Crippen LogP contribution >= 0.6 is 0 Å². The minimum atomic E-state index is -0.283. The zero-order valence-corrected chi connectivity index (χ0v) is 17.1. The predicted molar refractivity (Wildman–Crippen MR) is 115 cm³/mol. The van der Waals surface area contributed by atoms with E-state index in [0.29, 0.717) is 12.1 Å². The largest absolute Gasteiger partial charge is 0.379 e. The second kappa shape index (κ2) is 9.24. The first-order valence-electron chi connectivity index (χ1n) is 10.3. The summed E-state index contributed by atoms with van der Waals surface area (Å²) in [4.78, 5) is 15.2. The van der Waals surface area contributed by atoms with Gasteiger partial charge in [-0.15, -0.1) is 0 Å². The Kier molecular flexibility index (Phi) is 6.26. The van der Waals surface area contributed by atoms with Gasteiger partial charge < -0.3 is 14.6 Å². The summed E-state index contributed by atoms with van der Waals surface area (Å²) in [5.41, 5.74) is 4.15. The summed E-state index contributed by atoms with van der Waals surface area (Å²) in [6.45, 7) is 6.61. The average Bonchev–Trinajstić information content (AvgIpc) is 3.12. The Bertz CT molecular complexity index is 993. The van der Waals surface area contributed by atoms with E-state index >= 15 is 0 Å². The Morgan fingerprint density at radius 3 is 2.47 bits per heavy atom. The van der Waals surface area contributed by atoms with Gasteiger partial charge in [0.15, 0.2) is 0 Å². The normalized spacial score (nSPS) is 14.6. The number of benzene rings is 2. The number of nitrogens with zero attached hydrogens (tertiary/aromatic N) is 2. The molecule has 1 amide bonds. The fraction of sp³-hybridized carbons (Fsp3) is 0.292. The van der Waals surface area contributed by atoms with E-state index in [4.69, 9.17) is 4.74 Å². The van der Waals surface area contributed by atoms with Crippen LogP contribution in [0.25, 0.3) is 16.9 Å². The predicted octanol–water partition coefficient (Wildman–Crippen LogP) is 3.65. The van der Waals surface area contributed by atoms with E-state index in [1.807, 2.05) is 47.9 Å². The molecule has 0 saturated carbocycles. The van der Waals surface area contributed by atoms with E-state index in [0.717, 1.165) is 55.5 Å². The number of ether oxygens (including phenoxy) is 1. The minimum absolute atomic E-state index is 0.0983. The van der Waals surface area contributed by atoms with E-state index < -0.39 is 0 Å². The first-order chi connectivity index (χ1) is 14.6. The first-order valence-corrected chi connectivity index (χ1v) is 10.3. The van der Waals surface area contributed by atoms with Gasteiger partial charge in [0.05, 0.1) is 24.5 Å². The van der Waals surface area contributed by atoms with Crippen molar-refractivity contribution in [3.05, 3.63) is 77.7 Å². The molecule has 156 valence electrons. The van der Waals surface area contributed by atoms with Crippen molar-refractivity contribution in [1.29, 1.82) is 0 Å². The van der Waals surface area contributed by atoms with Crippen molar-refractivity contribution in [2.24, 2.45) is 0 Å². The Balaban J connectivity index is 1.60. The topological polar surface area (TPSA) is 46.5 Å². The molecule has 1 aromatic heterocycles. The van der Waals surface area contributed by atoms with Crippen molar-refractivity contribution < 1.29 is 13.9 Å². The Morgan fingerprint density at radius 2 is 1.77 bits per heavy atom. The molecule has 0 aliphatic carbocycles. The van der Waals surface area contributed by atoms with Crippen LogP contribution in [0, 0.1) is 12.7 Å². The van der Waals surface area contributed by atoms with Gasteiger partial charge in [-0.05, 0) is 55.0 Å². The molecule has 1 aliphatic rings. The van der Waals surface area contributed by atoms with E-state index in [1.54, 1.807) is 12.1 Å². The van der Waals surface area contributed by atoms with Crippen LogP contribution in [0.2, 0.25) is 0 Å². The highest BCUT2D eigenvalue weighted by atomic mass is 19.1. The highest BCUT2D eigenvalue weighted by Gasteiger charge is 2.20. The van der Waals surface area contributed by atoms with Gasteiger partial charge >= 0.3 is 0 Å². The molecule has 0 spiro atoms. The van der Waals surface area contributed by atoms with Gasteiger partial charge in [-0.25, -0.2) is 4.39 Å². The smallest absolute Gasteiger partial charge is 0.253 e. The van der Waals surface area contributed by atoms with Gasteiger partial charge in [-0.1, -0.05) is 18.2 Å². The van der Waals surface area contributed by atoms with Crippen LogP contribution in [-0.4, -0.2) is 54.8 Å². The number of carbonyl (C=O) groups is 1. The number of hydrogen-bond acceptors (Lipinski definition) is 3. The second-order valence-corrected chi connectivity index (χ2v) is 7.42. The Morgan fingerprint density at radius 1 is 1.07 bits per heavy atom. The summed E-state index contributed by atoms with van der Waals surface area (Å²) < 4.78 is 20.9. The molecule has 0 bridgehead atoms. The third-order valence-electron chi connectivity index (χ3n) is 5.46. The number of hydrogen-bond donors (Lipinski definition) is 1. The molecule has 1 aliphatic heterocycles. The lowest BCUT2D eigenvalue weighted by atomic mass is 10.1. The molecule has 6 heteroatoms. The quantitative estimate of drug-likeness (QED) is 0.679. The van der Waals surface area contributed by atoms with E-state index in [2.05, 4.69) is 10.2 Å². The Labute approximate surface area is 176 Å².